The molecule has 2 atom stereocenters. The number of urea groups is 1. The quantitative estimate of drug-likeness (QED) is 0.725. The lowest BCUT2D eigenvalue weighted by atomic mass is 9.92. The van der Waals surface area contributed by atoms with Crippen LogP contribution in [0.2, 0.25) is 0 Å². The van der Waals surface area contributed by atoms with E-state index in [1.165, 1.54) is 19.5 Å². The van der Waals surface area contributed by atoms with Crippen molar-refractivity contribution in [2.24, 2.45) is 11.8 Å². The van der Waals surface area contributed by atoms with Gasteiger partial charge in [-0.2, -0.15) is 0 Å². The van der Waals surface area contributed by atoms with Crippen LogP contribution in [-0.4, -0.2) is 42.1 Å². The minimum atomic E-state index is -0.161. The molecule has 26 heavy (non-hydrogen) atoms. The second-order valence-corrected chi connectivity index (χ2v) is 8.24. The van der Waals surface area contributed by atoms with E-state index in [9.17, 15) is 4.79 Å². The molecule has 142 valence electrons. The summed E-state index contributed by atoms with van der Waals surface area (Å²) in [7, 11) is 0. The Morgan fingerprint density at radius 1 is 1.35 bits per heavy atom. The normalized spacial score (nSPS) is 20.8. The number of carbonyl (C=O) groups is 1. The number of likely N-dealkylation sites (tertiary alicyclic amines) is 1. The number of hydrogen-bond acceptors (Lipinski definition) is 5. The highest BCUT2D eigenvalue weighted by molar-refractivity contribution is 7.13. The van der Waals surface area contributed by atoms with Crippen molar-refractivity contribution in [1.82, 2.24) is 20.5 Å². The van der Waals surface area contributed by atoms with Crippen molar-refractivity contribution in [3.63, 3.8) is 0 Å². The molecule has 0 aromatic carbocycles. The standard InChI is InChI=1S/C19H28N4O2S/c1-14-9-15(2)12-23(11-14)7-4-6-20-19(24)21-10-16-13-25-18(22-16)17-5-3-8-26-17/h3,5,8,13-15H,4,6-7,9-12H2,1-2H3,(H2,20,21,24). The number of amides is 2. The topological polar surface area (TPSA) is 70.4 Å². The van der Waals surface area contributed by atoms with Crippen LogP contribution in [0.25, 0.3) is 10.8 Å². The number of thiophene rings is 1. The summed E-state index contributed by atoms with van der Waals surface area (Å²) in [6, 6.07) is 3.76. The molecule has 6 nitrogen and oxygen atoms in total. The summed E-state index contributed by atoms with van der Waals surface area (Å²) in [5.41, 5.74) is 0.722. The molecular formula is C19H28N4O2S. The maximum atomic E-state index is 11.9. The first-order valence-corrected chi connectivity index (χ1v) is 10.2. The summed E-state index contributed by atoms with van der Waals surface area (Å²) in [4.78, 5) is 19.8. The number of oxazole rings is 1. The Balaban J connectivity index is 1.31. The summed E-state index contributed by atoms with van der Waals surface area (Å²) in [6.07, 6.45) is 3.89. The predicted octanol–water partition coefficient (Wildman–Crippen LogP) is 3.57. The smallest absolute Gasteiger partial charge is 0.315 e. The number of nitrogens with zero attached hydrogens (tertiary/aromatic N) is 2. The Morgan fingerprint density at radius 3 is 2.88 bits per heavy atom. The molecule has 2 unspecified atom stereocenters. The molecule has 3 heterocycles. The van der Waals surface area contributed by atoms with Crippen molar-refractivity contribution in [3.05, 3.63) is 29.5 Å². The lowest BCUT2D eigenvalue weighted by Gasteiger charge is -2.34. The van der Waals surface area contributed by atoms with Gasteiger partial charge >= 0.3 is 6.03 Å². The molecule has 2 aromatic rings. The molecule has 1 fully saturated rings. The fourth-order valence-electron chi connectivity index (χ4n) is 3.61. The Labute approximate surface area is 159 Å². The lowest BCUT2D eigenvalue weighted by Crippen LogP contribution is -2.41. The Morgan fingerprint density at radius 2 is 2.15 bits per heavy atom. The number of aromatic nitrogens is 1. The summed E-state index contributed by atoms with van der Waals surface area (Å²) in [5.74, 6) is 2.15. The van der Waals surface area contributed by atoms with E-state index < -0.39 is 0 Å². The van der Waals surface area contributed by atoms with Crippen molar-refractivity contribution >= 4 is 17.4 Å². The number of hydrogen-bond donors (Lipinski definition) is 2. The van der Waals surface area contributed by atoms with E-state index in [-0.39, 0.29) is 6.03 Å². The Kier molecular flexibility index (Phi) is 6.68. The molecule has 7 heteroatoms. The molecule has 1 aliphatic rings. The van der Waals surface area contributed by atoms with Gasteiger partial charge in [0, 0.05) is 19.6 Å². The number of piperidine rings is 1. The highest BCUT2D eigenvalue weighted by Crippen LogP contribution is 2.23. The van der Waals surface area contributed by atoms with Gasteiger partial charge in [0.25, 0.3) is 0 Å². The molecule has 0 spiro atoms. The molecule has 2 N–H and O–H groups in total. The molecule has 2 amide bonds. The van der Waals surface area contributed by atoms with Gasteiger partial charge in [0.05, 0.1) is 17.1 Å². The van der Waals surface area contributed by atoms with Crippen molar-refractivity contribution in [1.29, 1.82) is 0 Å². The summed E-state index contributed by atoms with van der Waals surface area (Å²) in [6.45, 7) is 9.09. The molecular weight excluding hydrogens is 348 g/mol. The largest absolute Gasteiger partial charge is 0.443 e. The van der Waals surface area contributed by atoms with Gasteiger partial charge in [-0.15, -0.1) is 11.3 Å². The van der Waals surface area contributed by atoms with Crippen LogP contribution in [0.1, 0.15) is 32.4 Å². The number of nitrogens with one attached hydrogen (secondary N) is 2. The van der Waals surface area contributed by atoms with Crippen molar-refractivity contribution in [3.8, 4) is 10.8 Å². The monoisotopic (exact) mass is 376 g/mol. The van der Waals surface area contributed by atoms with Gasteiger partial charge in [0.2, 0.25) is 5.89 Å². The van der Waals surface area contributed by atoms with Crippen molar-refractivity contribution in [2.75, 3.05) is 26.2 Å². The van der Waals surface area contributed by atoms with E-state index in [1.807, 2.05) is 17.5 Å². The van der Waals surface area contributed by atoms with Crippen molar-refractivity contribution < 1.29 is 9.21 Å². The van der Waals surface area contributed by atoms with E-state index in [0.29, 0.717) is 19.0 Å². The first-order valence-electron chi connectivity index (χ1n) is 9.32. The number of carbonyl (C=O) groups excluding carboxylic acids is 1. The molecule has 0 saturated carbocycles. The van der Waals surface area contributed by atoms with Crippen LogP contribution in [0.3, 0.4) is 0 Å². The predicted molar refractivity (Wildman–Crippen MR) is 104 cm³/mol. The van der Waals surface area contributed by atoms with E-state index >= 15 is 0 Å². The van der Waals surface area contributed by atoms with Gasteiger partial charge in [0.15, 0.2) is 0 Å². The molecule has 0 radical (unpaired) electrons. The average Bonchev–Trinajstić information content (AvgIpc) is 3.27. The third kappa shape index (κ3) is 5.57. The second kappa shape index (κ2) is 9.19. The highest BCUT2D eigenvalue weighted by Gasteiger charge is 2.21. The van der Waals surface area contributed by atoms with E-state index in [4.69, 9.17) is 4.42 Å². The van der Waals surface area contributed by atoms with Crippen LogP contribution in [-0.2, 0) is 6.54 Å². The zero-order valence-electron chi connectivity index (χ0n) is 15.5. The van der Waals surface area contributed by atoms with Crippen LogP contribution in [0.4, 0.5) is 4.79 Å². The van der Waals surface area contributed by atoms with E-state index in [1.54, 1.807) is 17.6 Å². The van der Waals surface area contributed by atoms with Crippen LogP contribution in [0.15, 0.2) is 28.2 Å². The Hall–Kier alpha value is -1.86. The second-order valence-electron chi connectivity index (χ2n) is 7.29. The van der Waals surface area contributed by atoms with Gasteiger partial charge in [-0.3, -0.25) is 0 Å². The van der Waals surface area contributed by atoms with Crippen molar-refractivity contribution in [2.45, 2.75) is 33.2 Å². The SMILES string of the molecule is CC1CC(C)CN(CCCNC(=O)NCc2coc(-c3cccs3)n2)C1. The van der Waals surface area contributed by atoms with Gasteiger partial charge in [-0.1, -0.05) is 19.9 Å². The summed E-state index contributed by atoms with van der Waals surface area (Å²) in [5, 5.41) is 7.73. The minimum Gasteiger partial charge on any atom is -0.443 e. The van der Waals surface area contributed by atoms with Crippen LogP contribution >= 0.6 is 11.3 Å². The first kappa shape index (κ1) is 18.9. The Bertz CT molecular complexity index is 676. The van der Waals surface area contributed by atoms with E-state index in [0.717, 1.165) is 35.4 Å². The van der Waals surface area contributed by atoms with Gasteiger partial charge < -0.3 is 20.0 Å². The summed E-state index contributed by atoms with van der Waals surface area (Å²) >= 11 is 1.58. The zero-order valence-corrected chi connectivity index (χ0v) is 16.3. The maximum Gasteiger partial charge on any atom is 0.315 e. The zero-order chi connectivity index (χ0) is 18.4. The maximum absolute atomic E-state index is 11.9. The first-order chi connectivity index (χ1) is 12.6. The fraction of sp³-hybridized carbons (Fsp3) is 0.579. The number of rotatable bonds is 7. The molecule has 1 aliphatic heterocycles. The van der Waals surface area contributed by atoms with Gasteiger partial charge in [-0.25, -0.2) is 9.78 Å². The third-order valence-electron chi connectivity index (χ3n) is 4.59. The van der Waals surface area contributed by atoms with Gasteiger partial charge in [-0.05, 0) is 42.7 Å². The van der Waals surface area contributed by atoms with E-state index in [2.05, 4.69) is 34.4 Å². The third-order valence-corrected chi connectivity index (χ3v) is 5.45. The minimum absolute atomic E-state index is 0.161. The molecule has 1 saturated heterocycles. The van der Waals surface area contributed by atoms with Crippen LogP contribution in [0.5, 0.6) is 0 Å². The average molecular weight is 377 g/mol. The van der Waals surface area contributed by atoms with Gasteiger partial charge in [0.1, 0.15) is 6.26 Å². The lowest BCUT2D eigenvalue weighted by molar-refractivity contribution is 0.139. The molecule has 3 rings (SSSR count). The fourth-order valence-corrected chi connectivity index (χ4v) is 4.27. The summed E-state index contributed by atoms with van der Waals surface area (Å²) < 4.78 is 5.45. The highest BCUT2D eigenvalue weighted by atomic mass is 32.1. The molecule has 0 bridgehead atoms. The van der Waals surface area contributed by atoms with Crippen LogP contribution in [0, 0.1) is 11.8 Å². The molecule has 2 aromatic heterocycles. The van der Waals surface area contributed by atoms with Crippen LogP contribution < -0.4 is 10.6 Å². The molecule has 0 aliphatic carbocycles.